The number of ether oxygens (including phenoxy) is 1. The highest BCUT2D eigenvalue weighted by Crippen LogP contribution is 2.08. The van der Waals surface area contributed by atoms with Crippen LogP contribution in [-0.4, -0.2) is 33.2 Å². The first-order valence-corrected chi connectivity index (χ1v) is 7.96. The molecule has 0 spiro atoms. The van der Waals surface area contributed by atoms with Gasteiger partial charge in [0.25, 0.3) is 5.91 Å². The van der Waals surface area contributed by atoms with E-state index in [0.29, 0.717) is 25.1 Å². The molecule has 0 heterocycles. The lowest BCUT2D eigenvalue weighted by Crippen LogP contribution is -2.24. The van der Waals surface area contributed by atoms with Crippen LogP contribution >= 0.6 is 0 Å². The first-order chi connectivity index (χ1) is 12.1. The van der Waals surface area contributed by atoms with Gasteiger partial charge in [0, 0.05) is 44.8 Å². The Morgan fingerprint density at radius 3 is 2.00 bits per heavy atom. The number of benzene rings is 1. The Hall–Kier alpha value is -2.87. The van der Waals surface area contributed by atoms with Gasteiger partial charge < -0.3 is 15.4 Å². The molecule has 4 heteroatoms. The molecule has 1 amide bonds. The zero-order valence-corrected chi connectivity index (χ0v) is 15.4. The minimum Gasteiger partial charge on any atom is -0.388 e. The zero-order chi connectivity index (χ0) is 19.3. The molecular formula is C21H28N2O2. The van der Waals surface area contributed by atoms with E-state index in [1.165, 1.54) is 0 Å². The first-order valence-electron chi connectivity index (χ1n) is 7.96. The summed E-state index contributed by atoms with van der Waals surface area (Å²) < 4.78 is 4.45. The lowest BCUT2D eigenvalue weighted by molar-refractivity contribution is 0.0954. The van der Waals surface area contributed by atoms with Crippen molar-refractivity contribution >= 4 is 11.6 Å². The quantitative estimate of drug-likeness (QED) is 0.618. The highest BCUT2D eigenvalue weighted by molar-refractivity contribution is 5.94. The predicted molar refractivity (Wildman–Crippen MR) is 106 cm³/mol. The minimum absolute atomic E-state index is 0.0899. The van der Waals surface area contributed by atoms with Crippen LogP contribution in [0.3, 0.4) is 0 Å². The van der Waals surface area contributed by atoms with Crippen LogP contribution in [0, 0.1) is 37.0 Å². The fourth-order valence-electron chi connectivity index (χ4n) is 1.37. The van der Waals surface area contributed by atoms with E-state index in [0.717, 1.165) is 18.5 Å². The monoisotopic (exact) mass is 340 g/mol. The smallest absolute Gasteiger partial charge is 0.251 e. The van der Waals surface area contributed by atoms with Crippen LogP contribution in [0.1, 0.15) is 36.5 Å². The molecule has 0 radical (unpaired) electrons. The number of nitrogens with one attached hydrogen (secondary N) is 2. The van der Waals surface area contributed by atoms with Crippen LogP contribution in [-0.2, 0) is 4.74 Å². The molecule has 0 saturated carbocycles. The van der Waals surface area contributed by atoms with Crippen molar-refractivity contribution in [2.24, 2.45) is 0 Å². The number of terminal acetylenes is 3. The summed E-state index contributed by atoms with van der Waals surface area (Å²) in [5.74, 6) is 7.19. The number of anilines is 1. The van der Waals surface area contributed by atoms with Crippen molar-refractivity contribution in [2.45, 2.75) is 26.2 Å². The van der Waals surface area contributed by atoms with E-state index in [1.807, 2.05) is 19.2 Å². The van der Waals surface area contributed by atoms with Crippen molar-refractivity contribution in [3.63, 3.8) is 0 Å². The van der Waals surface area contributed by atoms with Gasteiger partial charge in [-0.05, 0) is 30.7 Å². The van der Waals surface area contributed by atoms with Crippen LogP contribution in [0.25, 0.3) is 0 Å². The maximum atomic E-state index is 11.5. The average Bonchev–Trinajstić information content (AvgIpc) is 2.64. The van der Waals surface area contributed by atoms with Crippen molar-refractivity contribution in [1.82, 2.24) is 5.32 Å². The molecule has 0 bridgehead atoms. The van der Waals surface area contributed by atoms with Gasteiger partial charge in [0.2, 0.25) is 0 Å². The number of unbranched alkanes of at least 4 members (excludes halogenated alkanes) is 1. The molecule has 0 saturated heterocycles. The zero-order valence-electron chi connectivity index (χ0n) is 15.4. The Labute approximate surface area is 152 Å². The van der Waals surface area contributed by atoms with E-state index in [1.54, 1.807) is 19.2 Å². The van der Waals surface area contributed by atoms with Crippen LogP contribution in [0.5, 0.6) is 0 Å². The molecule has 134 valence electrons. The van der Waals surface area contributed by atoms with Crippen LogP contribution < -0.4 is 10.6 Å². The summed E-state index contributed by atoms with van der Waals surface area (Å²) in [5.41, 5.74) is 1.63. The summed E-state index contributed by atoms with van der Waals surface area (Å²) in [4.78, 5) is 11.5. The summed E-state index contributed by atoms with van der Waals surface area (Å²) in [5, 5.41) is 5.72. The number of amides is 1. The van der Waals surface area contributed by atoms with E-state index in [2.05, 4.69) is 40.1 Å². The van der Waals surface area contributed by atoms with E-state index < -0.39 is 0 Å². The highest BCUT2D eigenvalue weighted by atomic mass is 16.5. The van der Waals surface area contributed by atoms with Crippen LogP contribution in [0.2, 0.25) is 0 Å². The Balaban J connectivity index is 0. The Bertz CT molecular complexity index is 556. The van der Waals surface area contributed by atoms with Gasteiger partial charge in [0.05, 0.1) is 0 Å². The molecule has 2 N–H and O–H groups in total. The molecule has 4 nitrogen and oxygen atoms in total. The lowest BCUT2D eigenvalue weighted by Gasteiger charge is -2.04. The van der Waals surface area contributed by atoms with Crippen molar-refractivity contribution in [2.75, 3.05) is 32.6 Å². The van der Waals surface area contributed by atoms with Crippen molar-refractivity contribution < 1.29 is 9.53 Å². The molecule has 0 atom stereocenters. The minimum atomic E-state index is -0.0899. The largest absolute Gasteiger partial charge is 0.388 e. The summed E-state index contributed by atoms with van der Waals surface area (Å²) in [6.07, 6.45) is 17.3. The molecule has 0 aromatic heterocycles. The molecule has 0 aliphatic carbocycles. The number of methoxy groups -OCH3 is 1. The fourth-order valence-corrected chi connectivity index (χ4v) is 1.37. The molecule has 0 aliphatic heterocycles. The number of carbonyl (C=O) groups is 1. The highest BCUT2D eigenvalue weighted by Gasteiger charge is 2.03. The Kier molecular flexibility index (Phi) is 18.7. The van der Waals surface area contributed by atoms with E-state index in [4.69, 9.17) is 19.3 Å². The first kappa shape index (κ1) is 24.4. The van der Waals surface area contributed by atoms with Crippen molar-refractivity contribution in [3.8, 4) is 37.0 Å². The van der Waals surface area contributed by atoms with Crippen molar-refractivity contribution in [1.29, 1.82) is 0 Å². The molecule has 0 fully saturated rings. The number of hydrogen-bond donors (Lipinski definition) is 2. The van der Waals surface area contributed by atoms with Crippen molar-refractivity contribution in [3.05, 3.63) is 29.8 Å². The lowest BCUT2D eigenvalue weighted by atomic mass is 10.2. The SMILES string of the molecule is C#CCCC.C#CCCNC(=O)c1ccc(NC)cc1.C#CCOC. The van der Waals surface area contributed by atoms with E-state index in [9.17, 15) is 4.79 Å². The summed E-state index contributed by atoms with van der Waals surface area (Å²) >= 11 is 0. The normalized spacial score (nSPS) is 8.00. The van der Waals surface area contributed by atoms with Crippen LogP contribution in [0.15, 0.2) is 24.3 Å². The Morgan fingerprint density at radius 2 is 1.68 bits per heavy atom. The third-order valence-electron chi connectivity index (χ3n) is 2.61. The molecule has 25 heavy (non-hydrogen) atoms. The fraction of sp³-hybridized carbons (Fsp3) is 0.381. The molecule has 0 aliphatic rings. The second-order valence-corrected chi connectivity index (χ2v) is 4.63. The number of rotatable bonds is 6. The maximum absolute atomic E-state index is 11.5. The number of carbonyl (C=O) groups excluding carboxylic acids is 1. The third kappa shape index (κ3) is 15.8. The van der Waals surface area contributed by atoms with Gasteiger partial charge in [0.15, 0.2) is 0 Å². The molecular weight excluding hydrogens is 312 g/mol. The standard InChI is InChI=1S/C12H14N2O.C5H8.C4H6O/c1-3-4-9-14-12(15)10-5-7-11(13-2)8-6-10;1-3-5-4-2;1-3-4-5-2/h1,5-8,13H,4,9H2,2H3,(H,14,15);1H,4-5H2,2H3;1H,4H2,2H3. The summed E-state index contributed by atoms with van der Waals surface area (Å²) in [7, 11) is 3.40. The van der Waals surface area contributed by atoms with Gasteiger partial charge in [-0.1, -0.05) is 12.8 Å². The molecule has 0 unspecified atom stereocenters. The van der Waals surface area contributed by atoms with Gasteiger partial charge >= 0.3 is 0 Å². The topological polar surface area (TPSA) is 50.4 Å². The van der Waals surface area contributed by atoms with E-state index >= 15 is 0 Å². The third-order valence-corrected chi connectivity index (χ3v) is 2.61. The summed E-state index contributed by atoms with van der Waals surface area (Å²) in [6, 6.07) is 7.26. The van der Waals surface area contributed by atoms with Gasteiger partial charge in [-0.2, -0.15) is 0 Å². The Morgan fingerprint density at radius 1 is 1.08 bits per heavy atom. The van der Waals surface area contributed by atoms with Gasteiger partial charge in [-0.3, -0.25) is 4.79 Å². The number of hydrogen-bond acceptors (Lipinski definition) is 3. The molecule has 1 aromatic rings. The molecule has 1 aromatic carbocycles. The maximum Gasteiger partial charge on any atom is 0.251 e. The van der Waals surface area contributed by atoms with Gasteiger partial charge in [-0.25, -0.2) is 0 Å². The van der Waals surface area contributed by atoms with Gasteiger partial charge in [-0.15, -0.1) is 31.1 Å². The van der Waals surface area contributed by atoms with Gasteiger partial charge in [0.1, 0.15) is 6.61 Å². The van der Waals surface area contributed by atoms with Crippen LogP contribution in [0.4, 0.5) is 5.69 Å². The average molecular weight is 340 g/mol. The predicted octanol–water partition coefficient (Wildman–Crippen LogP) is 3.17. The molecule has 1 rings (SSSR count). The summed E-state index contributed by atoms with van der Waals surface area (Å²) in [6.45, 7) is 3.00. The second kappa shape index (κ2) is 19.2. The van der Waals surface area contributed by atoms with E-state index in [-0.39, 0.29) is 5.91 Å². The second-order valence-electron chi connectivity index (χ2n) is 4.63.